The number of H-pyrrole nitrogens is 1. The number of nitrogens with zero attached hydrogens (tertiary/aromatic N) is 2. The number of aromatic nitrogens is 1. The summed E-state index contributed by atoms with van der Waals surface area (Å²) in [6.45, 7) is 3.74. The van der Waals surface area contributed by atoms with Crippen LogP contribution in [0.1, 0.15) is 95.1 Å². The molecule has 3 atom stereocenters. The highest BCUT2D eigenvalue weighted by molar-refractivity contribution is 5.94. The van der Waals surface area contributed by atoms with Gasteiger partial charge in [0.2, 0.25) is 5.56 Å². The summed E-state index contributed by atoms with van der Waals surface area (Å²) in [6.07, 6.45) is 3.97. The van der Waals surface area contributed by atoms with Crippen molar-refractivity contribution in [3.8, 4) is 11.5 Å². The van der Waals surface area contributed by atoms with E-state index in [-0.39, 0.29) is 66.1 Å². The van der Waals surface area contributed by atoms with E-state index in [1.54, 1.807) is 47.4 Å². The summed E-state index contributed by atoms with van der Waals surface area (Å²) in [7, 11) is 0. The lowest BCUT2D eigenvalue weighted by Crippen LogP contribution is -2.52. The standard InChI is InChI=1S/C52H54FN3O7/c53-45-15-7-6-12-40(45)32-56(27-8-2-5-16-46(57)42-21-23-47(58)51-43(42)22-24-49(59)54-51)52(61)38-19-17-35(18-20-38)34-62-41-14-9-13-39(30-41)44(36-10-3-1-4-11-36)31-50(60)63-48-33-55-28-25-37(48)26-29-55/h1,3-4,6-7,9-15,17-24,30,37,44,46,48,57-58H,2,5,8,16,25-29,31-34H2,(H,54,59)/t44-,46-,48-/m0/s1. The van der Waals surface area contributed by atoms with Crippen molar-refractivity contribution >= 4 is 22.8 Å². The summed E-state index contributed by atoms with van der Waals surface area (Å²) in [5.41, 5.74) is 4.31. The van der Waals surface area contributed by atoms with Crippen LogP contribution in [0.4, 0.5) is 4.39 Å². The van der Waals surface area contributed by atoms with Crippen molar-refractivity contribution in [3.05, 3.63) is 177 Å². The van der Waals surface area contributed by atoms with Crippen LogP contribution in [-0.4, -0.2) is 69.2 Å². The number of amides is 1. The molecular formula is C52H54FN3O7. The predicted molar refractivity (Wildman–Crippen MR) is 240 cm³/mol. The number of rotatable bonds is 18. The second kappa shape index (κ2) is 20.3. The fourth-order valence-electron chi connectivity index (χ4n) is 9.06. The number of carbonyl (C=O) groups is 2. The second-order valence-corrected chi connectivity index (χ2v) is 16.9. The van der Waals surface area contributed by atoms with Crippen molar-refractivity contribution in [3.63, 3.8) is 0 Å². The van der Waals surface area contributed by atoms with Gasteiger partial charge in [-0.3, -0.25) is 19.3 Å². The molecule has 2 bridgehead atoms. The van der Waals surface area contributed by atoms with Gasteiger partial charge in [0.1, 0.15) is 30.0 Å². The lowest BCUT2D eigenvalue weighted by molar-refractivity contribution is -0.159. The molecular weight excluding hydrogens is 798 g/mol. The molecule has 9 rings (SSSR count). The van der Waals surface area contributed by atoms with E-state index in [0.717, 1.165) is 49.2 Å². The molecule has 3 aliphatic rings. The largest absolute Gasteiger partial charge is 0.506 e. The first-order valence-corrected chi connectivity index (χ1v) is 22.0. The Kier molecular flexibility index (Phi) is 13.9. The number of aromatic amines is 1. The maximum atomic E-state index is 14.8. The number of piperidine rings is 3. The van der Waals surface area contributed by atoms with Crippen LogP contribution in [-0.2, 0) is 22.7 Å². The van der Waals surface area contributed by atoms with Crippen molar-refractivity contribution in [2.24, 2.45) is 5.92 Å². The highest BCUT2D eigenvalue weighted by Gasteiger charge is 2.37. The minimum atomic E-state index is -0.817. The minimum Gasteiger partial charge on any atom is -0.506 e. The number of hydrogen-bond donors (Lipinski definition) is 3. The van der Waals surface area contributed by atoms with Crippen LogP contribution in [0.2, 0.25) is 0 Å². The number of aromatic hydroxyl groups is 1. The quantitative estimate of drug-likeness (QED) is 0.0577. The molecule has 3 saturated heterocycles. The fourth-order valence-corrected chi connectivity index (χ4v) is 9.06. The van der Waals surface area contributed by atoms with Crippen LogP contribution in [0.5, 0.6) is 11.5 Å². The van der Waals surface area contributed by atoms with Gasteiger partial charge in [0.05, 0.1) is 18.0 Å². The summed E-state index contributed by atoms with van der Waals surface area (Å²) in [5.74, 6) is 0.0542. The van der Waals surface area contributed by atoms with Gasteiger partial charge in [-0.15, -0.1) is 0 Å². The summed E-state index contributed by atoms with van der Waals surface area (Å²) in [6, 6.07) is 37.7. The molecule has 11 heteroatoms. The number of benzene rings is 5. The van der Waals surface area contributed by atoms with Crippen molar-refractivity contribution in [2.75, 3.05) is 26.2 Å². The first-order chi connectivity index (χ1) is 30.7. The SMILES string of the molecule is O=C(C[C@@H](c1ccccc1)c1cccc(OCc2ccc(C(=O)N(CCCCC[C@H](O)c3ccc(O)c4[nH]c(=O)ccc34)Cc3ccccc3F)cc2)c1)O[C@H]1CN2CCC1CC2. The van der Waals surface area contributed by atoms with Crippen LogP contribution in [0, 0.1) is 11.7 Å². The lowest BCUT2D eigenvalue weighted by atomic mass is 9.85. The number of nitrogens with one attached hydrogen (secondary N) is 1. The Morgan fingerprint density at radius 1 is 0.841 bits per heavy atom. The number of hydrogen-bond acceptors (Lipinski definition) is 8. The number of pyridine rings is 1. The molecule has 0 radical (unpaired) electrons. The summed E-state index contributed by atoms with van der Waals surface area (Å²) < 4.78 is 27.2. The first-order valence-electron chi connectivity index (χ1n) is 22.0. The number of fused-ring (bicyclic) bond motifs is 4. The molecule has 326 valence electrons. The van der Waals surface area contributed by atoms with Crippen LogP contribution in [0.15, 0.2) is 132 Å². The number of carbonyl (C=O) groups excluding carboxylic acids is 2. The topological polar surface area (TPSA) is 132 Å². The van der Waals surface area contributed by atoms with Gasteiger partial charge in [-0.05, 0) is 109 Å². The van der Waals surface area contributed by atoms with E-state index >= 15 is 0 Å². The molecule has 1 amide bonds. The Balaban J connectivity index is 0.880. The zero-order valence-corrected chi connectivity index (χ0v) is 35.3. The van der Waals surface area contributed by atoms with E-state index in [2.05, 4.69) is 9.88 Å². The molecule has 5 aromatic carbocycles. The molecule has 0 saturated carbocycles. The average molecular weight is 852 g/mol. The Hall–Kier alpha value is -6.30. The van der Waals surface area contributed by atoms with Crippen LogP contribution in [0.25, 0.3) is 10.9 Å². The molecule has 1 aromatic heterocycles. The van der Waals surface area contributed by atoms with Gasteiger partial charge in [-0.25, -0.2) is 4.39 Å². The molecule has 3 aliphatic heterocycles. The van der Waals surface area contributed by atoms with Gasteiger partial charge in [0.25, 0.3) is 5.91 Å². The fraction of sp³-hybridized carbons (Fsp3) is 0.327. The molecule has 0 spiro atoms. The number of esters is 1. The van der Waals surface area contributed by atoms with E-state index in [1.807, 2.05) is 66.7 Å². The number of ether oxygens (including phenoxy) is 2. The zero-order chi connectivity index (χ0) is 43.7. The van der Waals surface area contributed by atoms with Gasteiger partial charge in [-0.2, -0.15) is 0 Å². The highest BCUT2D eigenvalue weighted by Crippen LogP contribution is 2.34. The van der Waals surface area contributed by atoms with Crippen molar-refractivity contribution < 1.29 is 33.7 Å². The Morgan fingerprint density at radius 2 is 1.60 bits per heavy atom. The number of halogens is 1. The Morgan fingerprint density at radius 3 is 2.37 bits per heavy atom. The third kappa shape index (κ3) is 10.8. The van der Waals surface area contributed by atoms with Gasteiger partial charge in [0.15, 0.2) is 0 Å². The van der Waals surface area contributed by atoms with E-state index in [4.69, 9.17) is 9.47 Å². The van der Waals surface area contributed by atoms with Crippen LogP contribution in [0.3, 0.4) is 0 Å². The number of aliphatic hydroxyl groups excluding tert-OH is 1. The van der Waals surface area contributed by atoms with E-state index in [9.17, 15) is 29.0 Å². The van der Waals surface area contributed by atoms with E-state index in [0.29, 0.717) is 66.0 Å². The molecule has 0 unspecified atom stereocenters. The minimum absolute atomic E-state index is 0.0450. The summed E-state index contributed by atoms with van der Waals surface area (Å²) in [5, 5.41) is 21.8. The smallest absolute Gasteiger partial charge is 0.307 e. The average Bonchev–Trinajstić information content (AvgIpc) is 3.31. The molecule has 3 fully saturated rings. The van der Waals surface area contributed by atoms with E-state index in [1.165, 1.54) is 18.2 Å². The van der Waals surface area contributed by atoms with Crippen molar-refractivity contribution in [2.45, 2.75) is 76.2 Å². The molecule has 4 heterocycles. The second-order valence-electron chi connectivity index (χ2n) is 16.9. The molecule has 0 aliphatic carbocycles. The van der Waals surface area contributed by atoms with Gasteiger partial charge < -0.3 is 29.6 Å². The molecule has 10 nitrogen and oxygen atoms in total. The molecule has 3 N–H and O–H groups in total. The maximum absolute atomic E-state index is 14.8. The molecule has 6 aromatic rings. The number of aliphatic hydroxyl groups is 1. The first kappa shape index (κ1) is 43.4. The zero-order valence-electron chi connectivity index (χ0n) is 35.3. The van der Waals surface area contributed by atoms with Crippen molar-refractivity contribution in [1.29, 1.82) is 0 Å². The Bertz CT molecular complexity index is 2560. The van der Waals surface area contributed by atoms with Gasteiger partial charge in [-0.1, -0.05) is 91.7 Å². The third-order valence-electron chi connectivity index (χ3n) is 12.6. The van der Waals surface area contributed by atoms with Crippen LogP contribution >= 0.6 is 0 Å². The van der Waals surface area contributed by atoms with Crippen LogP contribution < -0.4 is 10.3 Å². The number of unbranched alkanes of at least 4 members (excludes halogenated alkanes) is 2. The maximum Gasteiger partial charge on any atom is 0.307 e. The predicted octanol–water partition coefficient (Wildman–Crippen LogP) is 9.05. The third-order valence-corrected chi connectivity index (χ3v) is 12.6. The summed E-state index contributed by atoms with van der Waals surface area (Å²) >= 11 is 0. The Labute approximate surface area is 366 Å². The van der Waals surface area contributed by atoms with E-state index < -0.39 is 6.10 Å². The number of phenols is 1. The normalized spacial score (nSPS) is 17.8. The van der Waals surface area contributed by atoms with Gasteiger partial charge in [0, 0.05) is 48.1 Å². The lowest BCUT2D eigenvalue weighted by Gasteiger charge is -2.44. The number of phenolic OH excluding ortho intramolecular Hbond substituents is 1. The van der Waals surface area contributed by atoms with Crippen molar-refractivity contribution in [1.82, 2.24) is 14.8 Å². The monoisotopic (exact) mass is 851 g/mol. The highest BCUT2D eigenvalue weighted by atomic mass is 19.1. The molecule has 63 heavy (non-hydrogen) atoms. The van der Waals surface area contributed by atoms with Gasteiger partial charge >= 0.3 is 5.97 Å². The summed E-state index contributed by atoms with van der Waals surface area (Å²) in [4.78, 5) is 45.9.